The van der Waals surface area contributed by atoms with Crippen LogP contribution in [0.25, 0.3) is 10.8 Å². The molecule has 0 unspecified atom stereocenters. The fourth-order valence-electron chi connectivity index (χ4n) is 5.61. The molecule has 0 amide bonds. The van der Waals surface area contributed by atoms with Crippen LogP contribution in [0.5, 0.6) is 0 Å². The van der Waals surface area contributed by atoms with E-state index in [2.05, 4.69) is 63.3 Å². The summed E-state index contributed by atoms with van der Waals surface area (Å²) < 4.78 is 43.3. The zero-order chi connectivity index (χ0) is 27.9. The van der Waals surface area contributed by atoms with Crippen molar-refractivity contribution in [2.45, 2.75) is 51.4 Å². The molecule has 4 heterocycles. The number of piperidine rings is 1. The van der Waals surface area contributed by atoms with Gasteiger partial charge in [-0.1, -0.05) is 19.9 Å². The summed E-state index contributed by atoms with van der Waals surface area (Å²) in [5, 5.41) is 13.5. The molecule has 210 valence electrons. The largest absolute Gasteiger partial charge is 0.378 e. The number of halogens is 1. The van der Waals surface area contributed by atoms with Crippen LogP contribution in [0.2, 0.25) is 0 Å². The van der Waals surface area contributed by atoms with Crippen molar-refractivity contribution in [1.29, 1.82) is 0 Å². The first kappa shape index (κ1) is 27.4. The maximum Gasteiger partial charge on any atom is 0.247 e. The second-order valence-corrected chi connectivity index (χ2v) is 13.2. The molecule has 0 aliphatic carbocycles. The molecule has 0 spiro atoms. The van der Waals surface area contributed by atoms with Gasteiger partial charge in [0.05, 0.1) is 24.6 Å². The van der Waals surface area contributed by atoms with Gasteiger partial charge in [0.25, 0.3) is 0 Å². The van der Waals surface area contributed by atoms with Gasteiger partial charge < -0.3 is 19.9 Å². The second kappa shape index (κ2) is 10.8. The van der Waals surface area contributed by atoms with Crippen LogP contribution in [0.1, 0.15) is 38.7 Å². The molecule has 2 aromatic heterocycles. The fraction of sp³-hybridized carbons (Fsp3) is 0.556. The van der Waals surface area contributed by atoms with Crippen molar-refractivity contribution in [3.8, 4) is 0 Å². The number of pyridine rings is 1. The zero-order valence-corrected chi connectivity index (χ0v) is 23.8. The number of nitrogens with zero attached hydrogens (tertiary/aromatic N) is 6. The van der Waals surface area contributed by atoms with E-state index >= 15 is 0 Å². The Balaban J connectivity index is 1.40. The molecule has 2 saturated heterocycles. The molecule has 3 aromatic rings. The minimum Gasteiger partial charge on any atom is -0.378 e. The number of anilines is 4. The zero-order valence-electron chi connectivity index (χ0n) is 23.0. The molecule has 0 bridgehead atoms. The van der Waals surface area contributed by atoms with Crippen molar-refractivity contribution >= 4 is 43.9 Å². The first-order chi connectivity index (χ1) is 18.5. The number of fused-ring (bicyclic) bond motifs is 1. The van der Waals surface area contributed by atoms with Gasteiger partial charge in [-0.3, -0.25) is 0 Å². The van der Waals surface area contributed by atoms with E-state index in [1.807, 2.05) is 12.3 Å². The average molecular weight is 558 g/mol. The highest BCUT2D eigenvalue weighted by Gasteiger charge is 2.38. The van der Waals surface area contributed by atoms with E-state index in [9.17, 15) is 12.8 Å². The number of hydrogen-bond acceptors (Lipinski definition) is 10. The summed E-state index contributed by atoms with van der Waals surface area (Å²) in [6.45, 7) is 7.81. The molecule has 5 rings (SSSR count). The van der Waals surface area contributed by atoms with Crippen LogP contribution in [0.4, 0.5) is 27.7 Å². The van der Waals surface area contributed by atoms with Crippen LogP contribution in [0.3, 0.4) is 0 Å². The molecular formula is C27H36FN7O3S. The number of rotatable bonds is 8. The number of nitrogens with one attached hydrogen (secondary N) is 1. The number of sulfone groups is 1. The number of aromatic nitrogens is 4. The van der Waals surface area contributed by atoms with Crippen LogP contribution in [-0.4, -0.2) is 85.7 Å². The van der Waals surface area contributed by atoms with Gasteiger partial charge in [0.1, 0.15) is 21.8 Å². The highest BCUT2D eigenvalue weighted by Crippen LogP contribution is 2.39. The lowest BCUT2D eigenvalue weighted by atomic mass is 9.88. The second-order valence-electron chi connectivity index (χ2n) is 11.0. The summed E-state index contributed by atoms with van der Waals surface area (Å²) >= 11 is 0. The van der Waals surface area contributed by atoms with E-state index in [4.69, 9.17) is 4.74 Å². The summed E-state index contributed by atoms with van der Waals surface area (Å²) in [5.74, 6) is 2.04. The van der Waals surface area contributed by atoms with Gasteiger partial charge >= 0.3 is 0 Å². The smallest absolute Gasteiger partial charge is 0.247 e. The average Bonchev–Trinajstić information content (AvgIpc) is 2.89. The number of hydrogen-bond donors (Lipinski definition) is 1. The Morgan fingerprint density at radius 1 is 1.18 bits per heavy atom. The van der Waals surface area contributed by atoms with Crippen molar-refractivity contribution in [1.82, 2.24) is 20.2 Å². The quantitative estimate of drug-likeness (QED) is 0.440. The first-order valence-corrected chi connectivity index (χ1v) is 15.4. The van der Waals surface area contributed by atoms with E-state index in [-0.39, 0.29) is 24.3 Å². The minimum atomic E-state index is -3.03. The molecule has 2 fully saturated rings. The Morgan fingerprint density at radius 3 is 2.64 bits per heavy atom. The lowest BCUT2D eigenvalue weighted by Gasteiger charge is -2.48. The van der Waals surface area contributed by atoms with Crippen LogP contribution >= 0.6 is 0 Å². The topological polar surface area (TPSA) is 113 Å². The lowest BCUT2D eigenvalue weighted by molar-refractivity contribution is 0.0194. The minimum absolute atomic E-state index is 0.112. The Hall–Kier alpha value is -3.12. The predicted octanol–water partition coefficient (Wildman–Crippen LogP) is 3.72. The maximum atomic E-state index is 14.4. The number of alkyl halides is 1. The van der Waals surface area contributed by atoms with Gasteiger partial charge in [-0.25, -0.2) is 17.8 Å². The van der Waals surface area contributed by atoms with Gasteiger partial charge in [0, 0.05) is 55.7 Å². The molecule has 2 aliphatic heterocycles. The van der Waals surface area contributed by atoms with E-state index in [0.29, 0.717) is 43.0 Å². The molecule has 1 N–H and O–H groups in total. The molecule has 2 aliphatic rings. The Kier molecular flexibility index (Phi) is 7.60. The van der Waals surface area contributed by atoms with Crippen LogP contribution in [0, 0.1) is 5.92 Å². The Labute approximate surface area is 228 Å². The summed E-state index contributed by atoms with van der Waals surface area (Å²) in [6, 6.07) is 6.39. The number of ether oxygens (including phenoxy) is 1. The van der Waals surface area contributed by atoms with E-state index in [1.54, 1.807) is 4.90 Å². The van der Waals surface area contributed by atoms with Crippen LogP contribution < -0.4 is 15.1 Å². The molecule has 0 saturated carbocycles. The summed E-state index contributed by atoms with van der Waals surface area (Å²) in [6.07, 6.45) is 3.69. The summed E-state index contributed by atoms with van der Waals surface area (Å²) in [7, 11) is -1.50. The van der Waals surface area contributed by atoms with Crippen molar-refractivity contribution in [3.63, 3.8) is 0 Å². The maximum absolute atomic E-state index is 14.4. The standard InChI is InChI=1S/C27H36FN7O3S/c1-16(2)19-6-7-23(35-13-18(17(35)3)15-39(5,36)37)21-11-29-25(10-20(19)21)31-26-12-30-33-27(32-26)34-9-8-24(38-4)22(28)14-34/h6-7,10-12,16-18,22,24H,8-9,13-15H2,1-5H3,(H,29,31,32,33)/t17-,18-,22-,24+/m1/s1. The van der Waals surface area contributed by atoms with Crippen molar-refractivity contribution in [2.24, 2.45) is 5.92 Å². The monoisotopic (exact) mass is 557 g/mol. The van der Waals surface area contributed by atoms with Gasteiger partial charge in [-0.05, 0) is 42.3 Å². The van der Waals surface area contributed by atoms with Gasteiger partial charge in [0.15, 0.2) is 5.82 Å². The van der Waals surface area contributed by atoms with Crippen LogP contribution in [-0.2, 0) is 14.6 Å². The molecule has 1 aromatic carbocycles. The normalized spacial score (nSPS) is 23.8. The third-order valence-electron chi connectivity index (χ3n) is 7.84. The number of benzene rings is 1. The molecule has 4 atom stereocenters. The molecular weight excluding hydrogens is 521 g/mol. The molecule has 39 heavy (non-hydrogen) atoms. The van der Waals surface area contributed by atoms with E-state index in [1.165, 1.54) is 25.1 Å². The highest BCUT2D eigenvalue weighted by molar-refractivity contribution is 7.90. The molecule has 10 nitrogen and oxygen atoms in total. The predicted molar refractivity (Wildman–Crippen MR) is 151 cm³/mol. The van der Waals surface area contributed by atoms with Crippen molar-refractivity contribution in [2.75, 3.05) is 53.9 Å². The Bertz CT molecular complexity index is 1450. The highest BCUT2D eigenvalue weighted by atomic mass is 32.2. The molecule has 12 heteroatoms. The van der Waals surface area contributed by atoms with Crippen molar-refractivity contribution < 1.29 is 17.5 Å². The lowest BCUT2D eigenvalue weighted by Crippen LogP contribution is -2.57. The fourth-order valence-corrected chi connectivity index (χ4v) is 6.77. The summed E-state index contributed by atoms with van der Waals surface area (Å²) in [5.41, 5.74) is 2.24. The SMILES string of the molecule is CO[C@H]1CCN(c2nncc(Nc3cc4c(C(C)C)ccc(N5C[C@H](CS(C)(=O)=O)[C@H]5C)c4cn3)n2)C[C@H]1F. The van der Waals surface area contributed by atoms with Gasteiger partial charge in [-0.15, -0.1) is 5.10 Å². The van der Waals surface area contributed by atoms with Crippen LogP contribution in [0.15, 0.2) is 30.6 Å². The molecule has 0 radical (unpaired) electrons. The summed E-state index contributed by atoms with van der Waals surface area (Å²) in [4.78, 5) is 13.3. The Morgan fingerprint density at radius 2 is 1.97 bits per heavy atom. The van der Waals surface area contributed by atoms with E-state index in [0.717, 1.165) is 16.5 Å². The van der Waals surface area contributed by atoms with Crippen molar-refractivity contribution in [3.05, 3.63) is 36.2 Å². The van der Waals surface area contributed by atoms with Gasteiger partial charge in [0.2, 0.25) is 5.95 Å². The third kappa shape index (κ3) is 5.76. The first-order valence-electron chi connectivity index (χ1n) is 13.3. The number of methoxy groups -OCH3 is 1. The van der Waals surface area contributed by atoms with E-state index < -0.39 is 22.1 Å². The van der Waals surface area contributed by atoms with Gasteiger partial charge in [-0.2, -0.15) is 10.1 Å². The third-order valence-corrected chi connectivity index (χ3v) is 8.87.